The topological polar surface area (TPSA) is 69.6 Å². The number of tetrazole rings is 1. The van der Waals surface area contributed by atoms with Crippen molar-refractivity contribution in [2.75, 3.05) is 12.3 Å². The Morgan fingerprint density at radius 2 is 2.33 bits per heavy atom. The minimum atomic E-state index is 0. The molecule has 0 aliphatic heterocycles. The normalized spacial score (nSPS) is 9.50. The summed E-state index contributed by atoms with van der Waals surface area (Å²) >= 11 is 1.63. The number of thioether (sulfide) groups is 1. The molecule has 0 bridgehead atoms. The summed E-state index contributed by atoms with van der Waals surface area (Å²) in [5.41, 5.74) is 5.33. The molecule has 1 heterocycles. The van der Waals surface area contributed by atoms with E-state index >= 15 is 0 Å². The molecule has 0 spiro atoms. The number of halogens is 1. The average molecular weight is 210 g/mol. The SMILES string of the molecule is Cl.Cn1nnnc1SCCCN. The first-order valence-electron chi connectivity index (χ1n) is 3.40. The highest BCUT2D eigenvalue weighted by molar-refractivity contribution is 7.99. The van der Waals surface area contributed by atoms with E-state index in [0.29, 0.717) is 0 Å². The fourth-order valence-corrected chi connectivity index (χ4v) is 1.40. The highest BCUT2D eigenvalue weighted by Crippen LogP contribution is 2.12. The summed E-state index contributed by atoms with van der Waals surface area (Å²) in [5.74, 6) is 0.977. The Hall–Kier alpha value is -0.330. The molecule has 0 saturated carbocycles. The smallest absolute Gasteiger partial charge is 0.209 e. The van der Waals surface area contributed by atoms with Crippen molar-refractivity contribution < 1.29 is 0 Å². The molecule has 5 nitrogen and oxygen atoms in total. The van der Waals surface area contributed by atoms with Gasteiger partial charge < -0.3 is 5.73 Å². The molecular formula is C5H12ClN5S. The van der Waals surface area contributed by atoms with E-state index < -0.39 is 0 Å². The predicted octanol–water partition coefficient (Wildman–Crippen LogP) is 0.0728. The molecule has 1 aromatic rings. The number of aromatic nitrogens is 4. The first kappa shape index (κ1) is 11.7. The molecule has 0 aliphatic rings. The lowest BCUT2D eigenvalue weighted by Crippen LogP contribution is -2.00. The van der Waals surface area contributed by atoms with E-state index in [2.05, 4.69) is 15.5 Å². The van der Waals surface area contributed by atoms with Crippen LogP contribution in [0, 0.1) is 0 Å². The maximum absolute atomic E-state index is 5.33. The van der Waals surface area contributed by atoms with Crippen LogP contribution in [0.25, 0.3) is 0 Å². The van der Waals surface area contributed by atoms with Crippen LogP contribution in [0.5, 0.6) is 0 Å². The van der Waals surface area contributed by atoms with Crippen molar-refractivity contribution >= 4 is 24.2 Å². The number of rotatable bonds is 4. The highest BCUT2D eigenvalue weighted by atomic mass is 35.5. The van der Waals surface area contributed by atoms with Gasteiger partial charge in [-0.2, -0.15) is 0 Å². The van der Waals surface area contributed by atoms with E-state index in [1.54, 1.807) is 16.4 Å². The molecule has 12 heavy (non-hydrogen) atoms. The van der Waals surface area contributed by atoms with E-state index in [1.165, 1.54) is 0 Å². The van der Waals surface area contributed by atoms with Crippen LogP contribution in [0.3, 0.4) is 0 Å². The summed E-state index contributed by atoms with van der Waals surface area (Å²) in [6, 6.07) is 0. The van der Waals surface area contributed by atoms with Crippen LogP contribution in [-0.2, 0) is 7.05 Å². The Morgan fingerprint density at radius 1 is 1.58 bits per heavy atom. The van der Waals surface area contributed by atoms with Gasteiger partial charge in [0.25, 0.3) is 0 Å². The maximum Gasteiger partial charge on any atom is 0.209 e. The Morgan fingerprint density at radius 3 is 2.83 bits per heavy atom. The Labute approximate surface area is 81.5 Å². The standard InChI is InChI=1S/C5H11N5S.ClH/c1-10-5(7-8-9-10)11-4-2-3-6;/h2-4,6H2,1H3;1H. The molecule has 0 atom stereocenters. The van der Waals surface area contributed by atoms with Gasteiger partial charge in [0, 0.05) is 12.8 Å². The van der Waals surface area contributed by atoms with E-state index in [4.69, 9.17) is 5.73 Å². The molecule has 0 aromatic carbocycles. The fraction of sp³-hybridized carbons (Fsp3) is 0.800. The van der Waals surface area contributed by atoms with Crippen molar-refractivity contribution in [1.29, 1.82) is 0 Å². The van der Waals surface area contributed by atoms with Crippen LogP contribution >= 0.6 is 24.2 Å². The van der Waals surface area contributed by atoms with E-state index in [-0.39, 0.29) is 12.4 Å². The van der Waals surface area contributed by atoms with E-state index in [0.717, 1.165) is 23.9 Å². The molecule has 1 rings (SSSR count). The maximum atomic E-state index is 5.33. The van der Waals surface area contributed by atoms with Crippen LogP contribution in [0.15, 0.2) is 5.16 Å². The second-order valence-electron chi connectivity index (χ2n) is 2.08. The summed E-state index contributed by atoms with van der Waals surface area (Å²) in [6.45, 7) is 0.721. The molecule has 0 amide bonds. The van der Waals surface area contributed by atoms with E-state index in [9.17, 15) is 0 Å². The lowest BCUT2D eigenvalue weighted by Gasteiger charge is -1.95. The lowest BCUT2D eigenvalue weighted by atomic mass is 10.5. The molecule has 0 radical (unpaired) electrons. The Balaban J connectivity index is 0.00000121. The van der Waals surface area contributed by atoms with Crippen molar-refractivity contribution in [2.24, 2.45) is 12.8 Å². The second kappa shape index (κ2) is 6.22. The molecule has 0 fully saturated rings. The zero-order chi connectivity index (χ0) is 8.10. The van der Waals surface area contributed by atoms with Crippen molar-refractivity contribution in [3.63, 3.8) is 0 Å². The van der Waals surface area contributed by atoms with Crippen LogP contribution in [0.4, 0.5) is 0 Å². The quantitative estimate of drug-likeness (QED) is 0.562. The van der Waals surface area contributed by atoms with Crippen molar-refractivity contribution in [3.8, 4) is 0 Å². The van der Waals surface area contributed by atoms with Crippen LogP contribution in [0.1, 0.15) is 6.42 Å². The van der Waals surface area contributed by atoms with Gasteiger partial charge in [0.1, 0.15) is 0 Å². The molecule has 1 aromatic heterocycles. The molecule has 0 unspecified atom stereocenters. The largest absolute Gasteiger partial charge is 0.330 e. The number of aryl methyl sites for hydroxylation is 1. The predicted molar refractivity (Wildman–Crippen MR) is 50.4 cm³/mol. The fourth-order valence-electron chi connectivity index (χ4n) is 0.590. The van der Waals surface area contributed by atoms with Crippen molar-refractivity contribution in [1.82, 2.24) is 20.2 Å². The summed E-state index contributed by atoms with van der Waals surface area (Å²) in [7, 11) is 1.82. The summed E-state index contributed by atoms with van der Waals surface area (Å²) in [5, 5.41) is 11.9. The van der Waals surface area contributed by atoms with Gasteiger partial charge in [-0.1, -0.05) is 11.8 Å². The van der Waals surface area contributed by atoms with Crippen molar-refractivity contribution in [3.05, 3.63) is 0 Å². The number of nitrogens with two attached hydrogens (primary N) is 1. The molecule has 0 aliphatic carbocycles. The zero-order valence-corrected chi connectivity index (χ0v) is 8.44. The van der Waals surface area contributed by atoms with Crippen LogP contribution in [-0.4, -0.2) is 32.5 Å². The lowest BCUT2D eigenvalue weighted by molar-refractivity contribution is 0.664. The molecule has 2 N–H and O–H groups in total. The van der Waals surface area contributed by atoms with Gasteiger partial charge in [-0.05, 0) is 23.4 Å². The third kappa shape index (κ3) is 3.38. The number of hydrogen-bond acceptors (Lipinski definition) is 5. The molecule has 70 valence electrons. The van der Waals surface area contributed by atoms with Gasteiger partial charge in [-0.25, -0.2) is 4.68 Å². The van der Waals surface area contributed by atoms with E-state index in [1.807, 2.05) is 7.05 Å². The van der Waals surface area contributed by atoms with Gasteiger partial charge in [-0.15, -0.1) is 17.5 Å². The zero-order valence-electron chi connectivity index (χ0n) is 6.80. The second-order valence-corrected chi connectivity index (χ2v) is 3.14. The molecule has 7 heteroatoms. The first-order chi connectivity index (χ1) is 5.34. The molecular weight excluding hydrogens is 198 g/mol. The number of nitrogens with zero attached hydrogens (tertiary/aromatic N) is 4. The summed E-state index contributed by atoms with van der Waals surface area (Å²) in [4.78, 5) is 0. The molecule has 0 saturated heterocycles. The third-order valence-corrected chi connectivity index (χ3v) is 2.26. The average Bonchev–Trinajstić information content (AvgIpc) is 2.37. The Kier molecular flexibility index (Phi) is 6.04. The Bertz CT molecular complexity index is 215. The van der Waals surface area contributed by atoms with Gasteiger partial charge in [0.15, 0.2) is 0 Å². The van der Waals surface area contributed by atoms with Crippen LogP contribution in [0.2, 0.25) is 0 Å². The summed E-state index contributed by atoms with van der Waals surface area (Å²) < 4.78 is 1.65. The van der Waals surface area contributed by atoms with Gasteiger partial charge in [0.05, 0.1) is 0 Å². The van der Waals surface area contributed by atoms with Crippen molar-refractivity contribution in [2.45, 2.75) is 11.6 Å². The summed E-state index contributed by atoms with van der Waals surface area (Å²) in [6.07, 6.45) is 0.998. The van der Waals surface area contributed by atoms with Gasteiger partial charge in [-0.3, -0.25) is 0 Å². The highest BCUT2D eigenvalue weighted by Gasteiger charge is 2.00. The minimum absolute atomic E-state index is 0. The third-order valence-electron chi connectivity index (χ3n) is 1.16. The minimum Gasteiger partial charge on any atom is -0.330 e. The van der Waals surface area contributed by atoms with Gasteiger partial charge in [0.2, 0.25) is 5.16 Å². The van der Waals surface area contributed by atoms with Gasteiger partial charge >= 0.3 is 0 Å². The first-order valence-corrected chi connectivity index (χ1v) is 4.38. The monoisotopic (exact) mass is 209 g/mol. The number of hydrogen-bond donors (Lipinski definition) is 1. The van der Waals surface area contributed by atoms with Crippen LogP contribution < -0.4 is 5.73 Å².